The molecule has 8 heteroatoms. The lowest BCUT2D eigenvalue weighted by atomic mass is 10.2. The van der Waals surface area contributed by atoms with Gasteiger partial charge < -0.3 is 29.9 Å². The summed E-state index contributed by atoms with van der Waals surface area (Å²) < 4.78 is 9.11. The van der Waals surface area contributed by atoms with Crippen molar-refractivity contribution in [2.24, 2.45) is 0 Å². The zero-order valence-electron chi connectivity index (χ0n) is 13.7. The van der Waals surface area contributed by atoms with Crippen molar-refractivity contribution < 1.29 is 29.3 Å². The SMILES string of the molecule is COC(=O)/C=C(/Nc1ccc(N(CCO)CCO)cc1)C(=O)OC. The van der Waals surface area contributed by atoms with Crippen LogP contribution in [0.5, 0.6) is 0 Å². The number of hydrogen-bond donors (Lipinski definition) is 3. The number of esters is 2. The summed E-state index contributed by atoms with van der Waals surface area (Å²) in [5.41, 5.74) is 1.31. The highest BCUT2D eigenvalue weighted by Gasteiger charge is 2.13. The number of rotatable bonds is 9. The molecule has 0 heterocycles. The first-order valence-electron chi connectivity index (χ1n) is 7.27. The van der Waals surface area contributed by atoms with Crippen LogP contribution in [0.4, 0.5) is 11.4 Å². The summed E-state index contributed by atoms with van der Waals surface area (Å²) in [5, 5.41) is 20.9. The van der Waals surface area contributed by atoms with E-state index in [4.69, 9.17) is 10.2 Å². The number of benzene rings is 1. The van der Waals surface area contributed by atoms with E-state index in [0.717, 1.165) is 11.8 Å². The summed E-state index contributed by atoms with van der Waals surface area (Å²) in [5.74, 6) is -1.39. The first-order chi connectivity index (χ1) is 11.5. The van der Waals surface area contributed by atoms with Crippen LogP contribution in [0.15, 0.2) is 36.0 Å². The summed E-state index contributed by atoms with van der Waals surface area (Å²) in [7, 11) is 2.42. The van der Waals surface area contributed by atoms with Crippen molar-refractivity contribution in [2.45, 2.75) is 0 Å². The minimum absolute atomic E-state index is 0.0334. The number of hydrogen-bond acceptors (Lipinski definition) is 8. The first-order valence-corrected chi connectivity index (χ1v) is 7.27. The molecule has 0 radical (unpaired) electrons. The molecule has 24 heavy (non-hydrogen) atoms. The second kappa shape index (κ2) is 10.2. The van der Waals surface area contributed by atoms with Crippen LogP contribution in [-0.2, 0) is 19.1 Å². The third kappa shape index (κ3) is 5.90. The number of methoxy groups -OCH3 is 2. The van der Waals surface area contributed by atoms with E-state index in [9.17, 15) is 9.59 Å². The van der Waals surface area contributed by atoms with Gasteiger partial charge in [-0.25, -0.2) is 9.59 Å². The molecule has 1 aromatic rings. The molecule has 1 rings (SSSR count). The van der Waals surface area contributed by atoms with Crippen molar-refractivity contribution >= 4 is 23.3 Å². The molecule has 0 spiro atoms. The standard InChI is InChI=1S/C16H22N2O6/c1-23-15(21)11-14(16(22)24-2)17-12-3-5-13(6-4-12)18(7-9-19)8-10-20/h3-6,11,17,19-20H,7-10H2,1-2H3/b14-11+. The Hall–Kier alpha value is -2.58. The molecule has 0 aromatic heterocycles. The van der Waals surface area contributed by atoms with Gasteiger partial charge in [0.2, 0.25) is 0 Å². The van der Waals surface area contributed by atoms with E-state index in [1.165, 1.54) is 14.2 Å². The van der Waals surface area contributed by atoms with Gasteiger partial charge in [-0.3, -0.25) is 0 Å². The van der Waals surface area contributed by atoms with E-state index in [1.807, 2.05) is 4.90 Å². The van der Waals surface area contributed by atoms with Crippen LogP contribution in [-0.4, -0.2) is 62.7 Å². The molecular weight excluding hydrogens is 316 g/mol. The van der Waals surface area contributed by atoms with E-state index in [2.05, 4.69) is 14.8 Å². The summed E-state index contributed by atoms with van der Waals surface area (Å²) in [6.07, 6.45) is 1.00. The zero-order valence-corrected chi connectivity index (χ0v) is 13.7. The zero-order chi connectivity index (χ0) is 17.9. The van der Waals surface area contributed by atoms with Crippen LogP contribution in [0.3, 0.4) is 0 Å². The lowest BCUT2D eigenvalue weighted by Crippen LogP contribution is -2.29. The molecule has 0 atom stereocenters. The van der Waals surface area contributed by atoms with E-state index in [0.29, 0.717) is 18.8 Å². The molecule has 0 aliphatic carbocycles. The molecule has 0 unspecified atom stereocenters. The largest absolute Gasteiger partial charge is 0.466 e. The molecule has 0 saturated carbocycles. The molecule has 8 nitrogen and oxygen atoms in total. The maximum atomic E-state index is 11.7. The number of ether oxygens (including phenoxy) is 2. The monoisotopic (exact) mass is 338 g/mol. The van der Waals surface area contributed by atoms with Crippen LogP contribution in [0, 0.1) is 0 Å². The number of nitrogens with one attached hydrogen (secondary N) is 1. The number of anilines is 2. The quantitative estimate of drug-likeness (QED) is 0.430. The van der Waals surface area contributed by atoms with E-state index >= 15 is 0 Å². The average molecular weight is 338 g/mol. The predicted molar refractivity (Wildman–Crippen MR) is 88.6 cm³/mol. The average Bonchev–Trinajstić information content (AvgIpc) is 2.60. The van der Waals surface area contributed by atoms with Crippen molar-refractivity contribution in [3.05, 3.63) is 36.0 Å². The molecule has 0 amide bonds. The molecule has 0 bridgehead atoms. The van der Waals surface area contributed by atoms with E-state index in [1.54, 1.807) is 24.3 Å². The van der Waals surface area contributed by atoms with Gasteiger partial charge >= 0.3 is 11.9 Å². The molecular formula is C16H22N2O6. The van der Waals surface area contributed by atoms with Crippen LogP contribution >= 0.6 is 0 Å². The van der Waals surface area contributed by atoms with Crippen molar-refractivity contribution in [1.82, 2.24) is 0 Å². The maximum Gasteiger partial charge on any atom is 0.354 e. The summed E-state index contributed by atoms with van der Waals surface area (Å²) in [6, 6.07) is 6.93. The van der Waals surface area contributed by atoms with Crippen LogP contribution in [0.25, 0.3) is 0 Å². The molecule has 0 saturated heterocycles. The lowest BCUT2D eigenvalue weighted by Gasteiger charge is -2.23. The van der Waals surface area contributed by atoms with Crippen molar-refractivity contribution in [3.8, 4) is 0 Å². The Balaban J connectivity index is 2.92. The van der Waals surface area contributed by atoms with Crippen LogP contribution < -0.4 is 10.2 Å². The third-order valence-electron chi connectivity index (χ3n) is 3.12. The Labute approximate surface area is 140 Å². The van der Waals surface area contributed by atoms with Crippen LogP contribution in [0.2, 0.25) is 0 Å². The maximum absolute atomic E-state index is 11.7. The lowest BCUT2D eigenvalue weighted by molar-refractivity contribution is -0.138. The van der Waals surface area contributed by atoms with Crippen LogP contribution in [0.1, 0.15) is 0 Å². The van der Waals surface area contributed by atoms with Gasteiger partial charge in [0, 0.05) is 24.5 Å². The Morgan fingerprint density at radius 1 is 1.08 bits per heavy atom. The predicted octanol–water partition coefficient (Wildman–Crippen LogP) is 0.119. The number of carbonyl (C=O) groups excluding carboxylic acids is 2. The van der Waals surface area contributed by atoms with Crippen molar-refractivity contribution in [1.29, 1.82) is 0 Å². The highest BCUT2D eigenvalue weighted by molar-refractivity contribution is 5.98. The number of aliphatic hydroxyl groups excluding tert-OH is 2. The molecule has 0 aliphatic rings. The van der Waals surface area contributed by atoms with Gasteiger partial charge in [0.1, 0.15) is 5.70 Å². The normalized spacial score (nSPS) is 10.9. The molecule has 132 valence electrons. The van der Waals surface area contributed by atoms with Gasteiger partial charge in [-0.05, 0) is 24.3 Å². The van der Waals surface area contributed by atoms with E-state index < -0.39 is 11.9 Å². The number of nitrogens with zero attached hydrogens (tertiary/aromatic N) is 1. The van der Waals surface area contributed by atoms with Gasteiger partial charge in [-0.15, -0.1) is 0 Å². The van der Waals surface area contributed by atoms with Gasteiger partial charge in [0.05, 0.1) is 33.5 Å². The number of aliphatic hydroxyl groups is 2. The Morgan fingerprint density at radius 3 is 2.12 bits per heavy atom. The van der Waals surface area contributed by atoms with Gasteiger partial charge in [0.15, 0.2) is 0 Å². The van der Waals surface area contributed by atoms with Gasteiger partial charge in [0.25, 0.3) is 0 Å². The second-order valence-corrected chi connectivity index (χ2v) is 4.68. The number of carbonyl (C=O) groups is 2. The van der Waals surface area contributed by atoms with E-state index in [-0.39, 0.29) is 18.9 Å². The summed E-state index contributed by atoms with van der Waals surface area (Å²) in [4.78, 5) is 24.8. The topological polar surface area (TPSA) is 108 Å². The Kier molecular flexibility index (Phi) is 8.31. The van der Waals surface area contributed by atoms with Gasteiger partial charge in [-0.1, -0.05) is 0 Å². The molecule has 0 aliphatic heterocycles. The first kappa shape index (κ1) is 19.5. The second-order valence-electron chi connectivity index (χ2n) is 4.68. The summed E-state index contributed by atoms with van der Waals surface area (Å²) >= 11 is 0. The third-order valence-corrected chi connectivity index (χ3v) is 3.12. The smallest absolute Gasteiger partial charge is 0.354 e. The summed E-state index contributed by atoms with van der Waals surface area (Å²) in [6.45, 7) is 0.717. The molecule has 1 aromatic carbocycles. The minimum Gasteiger partial charge on any atom is -0.466 e. The fourth-order valence-electron chi connectivity index (χ4n) is 1.96. The Morgan fingerprint density at radius 2 is 1.67 bits per heavy atom. The highest BCUT2D eigenvalue weighted by atomic mass is 16.5. The fourth-order valence-corrected chi connectivity index (χ4v) is 1.96. The Bertz CT molecular complexity index is 564. The van der Waals surface area contributed by atoms with Crippen molar-refractivity contribution in [3.63, 3.8) is 0 Å². The molecule has 3 N–H and O–H groups in total. The minimum atomic E-state index is -0.702. The van der Waals surface area contributed by atoms with Crippen molar-refractivity contribution in [2.75, 3.05) is 50.7 Å². The van der Waals surface area contributed by atoms with Gasteiger partial charge in [-0.2, -0.15) is 0 Å². The fraction of sp³-hybridized carbons (Fsp3) is 0.375. The highest BCUT2D eigenvalue weighted by Crippen LogP contribution is 2.19. The molecule has 0 fully saturated rings.